The number of anilines is 1. The Bertz CT molecular complexity index is 1050. The second-order valence-corrected chi connectivity index (χ2v) is 8.22. The lowest BCUT2D eigenvalue weighted by molar-refractivity contribution is 0.0593. The largest absolute Gasteiger partial charge is 0.492 e. The van der Waals surface area contributed by atoms with Gasteiger partial charge in [-0.05, 0) is 37.1 Å². The molecule has 162 valence electrons. The van der Waals surface area contributed by atoms with Gasteiger partial charge in [-0.25, -0.2) is 9.78 Å². The molecule has 2 atom stereocenters. The molecule has 2 aliphatic heterocycles. The third-order valence-electron chi connectivity index (χ3n) is 6.28. The SMILES string of the molecule is COC(=O)c1ccc(OCC2CCC3CN(c4noc5ccccc45)CCN3C2)cn1. The normalized spacial score (nSPS) is 21.6. The molecule has 2 aliphatic rings. The number of pyridine rings is 1. The molecule has 2 fully saturated rings. The third kappa shape index (κ3) is 4.07. The Hall–Kier alpha value is -3.13. The van der Waals surface area contributed by atoms with E-state index in [9.17, 15) is 4.79 Å². The molecule has 8 nitrogen and oxygen atoms in total. The molecule has 3 aromatic rings. The summed E-state index contributed by atoms with van der Waals surface area (Å²) in [5.74, 6) is 1.68. The van der Waals surface area contributed by atoms with Gasteiger partial charge in [-0.1, -0.05) is 17.3 Å². The minimum absolute atomic E-state index is 0.285. The van der Waals surface area contributed by atoms with E-state index in [1.165, 1.54) is 7.11 Å². The van der Waals surface area contributed by atoms with E-state index >= 15 is 0 Å². The first-order valence-corrected chi connectivity index (χ1v) is 10.7. The summed E-state index contributed by atoms with van der Waals surface area (Å²) in [6, 6.07) is 12.0. The molecular weight excluding hydrogens is 396 g/mol. The van der Waals surface area contributed by atoms with Gasteiger partial charge in [0.1, 0.15) is 11.4 Å². The average molecular weight is 422 g/mol. The van der Waals surface area contributed by atoms with Crippen LogP contribution < -0.4 is 9.64 Å². The van der Waals surface area contributed by atoms with Gasteiger partial charge in [0.25, 0.3) is 0 Å². The fourth-order valence-electron chi connectivity index (χ4n) is 4.59. The van der Waals surface area contributed by atoms with Crippen molar-refractivity contribution in [3.8, 4) is 5.75 Å². The van der Waals surface area contributed by atoms with Gasteiger partial charge in [-0.15, -0.1) is 0 Å². The summed E-state index contributed by atoms with van der Waals surface area (Å²) in [7, 11) is 1.35. The summed E-state index contributed by atoms with van der Waals surface area (Å²) in [4.78, 5) is 20.5. The lowest BCUT2D eigenvalue weighted by atomic mass is 9.91. The fraction of sp³-hybridized carbons (Fsp3) is 0.435. The Morgan fingerprint density at radius 3 is 2.90 bits per heavy atom. The van der Waals surface area contributed by atoms with E-state index in [1.807, 2.05) is 18.2 Å². The van der Waals surface area contributed by atoms with Crippen LogP contribution in [0, 0.1) is 5.92 Å². The maximum absolute atomic E-state index is 11.5. The first-order chi connectivity index (χ1) is 15.2. The van der Waals surface area contributed by atoms with Crippen molar-refractivity contribution in [2.45, 2.75) is 18.9 Å². The second kappa shape index (κ2) is 8.55. The molecule has 0 bridgehead atoms. The average Bonchev–Trinajstić information content (AvgIpc) is 3.26. The summed E-state index contributed by atoms with van der Waals surface area (Å²) < 4.78 is 16.1. The van der Waals surface area contributed by atoms with Crippen molar-refractivity contribution >= 4 is 22.8 Å². The molecule has 0 saturated carbocycles. The molecule has 0 amide bonds. The van der Waals surface area contributed by atoms with Crippen molar-refractivity contribution in [3.05, 3.63) is 48.3 Å². The van der Waals surface area contributed by atoms with Crippen LogP contribution in [0.2, 0.25) is 0 Å². The number of piperidine rings is 1. The van der Waals surface area contributed by atoms with Crippen molar-refractivity contribution in [1.29, 1.82) is 0 Å². The smallest absolute Gasteiger partial charge is 0.356 e. The summed E-state index contributed by atoms with van der Waals surface area (Å²) in [6.07, 6.45) is 3.85. The van der Waals surface area contributed by atoms with Crippen LogP contribution in [-0.4, -0.2) is 66.9 Å². The van der Waals surface area contributed by atoms with Gasteiger partial charge >= 0.3 is 5.97 Å². The zero-order chi connectivity index (χ0) is 21.2. The minimum Gasteiger partial charge on any atom is -0.492 e. The highest BCUT2D eigenvalue weighted by atomic mass is 16.5. The van der Waals surface area contributed by atoms with Gasteiger partial charge < -0.3 is 18.9 Å². The summed E-state index contributed by atoms with van der Waals surface area (Å²) in [5, 5.41) is 5.42. The van der Waals surface area contributed by atoms with Crippen LogP contribution in [0.25, 0.3) is 11.0 Å². The predicted octanol–water partition coefficient (Wildman–Crippen LogP) is 2.99. The number of rotatable bonds is 5. The van der Waals surface area contributed by atoms with E-state index in [4.69, 9.17) is 9.26 Å². The van der Waals surface area contributed by atoms with Crippen LogP contribution in [0.5, 0.6) is 5.75 Å². The van der Waals surface area contributed by atoms with E-state index in [-0.39, 0.29) is 5.69 Å². The summed E-state index contributed by atoms with van der Waals surface area (Å²) >= 11 is 0. The van der Waals surface area contributed by atoms with Crippen LogP contribution in [0.3, 0.4) is 0 Å². The topological polar surface area (TPSA) is 80.9 Å². The molecule has 5 rings (SSSR count). The molecule has 2 saturated heterocycles. The second-order valence-electron chi connectivity index (χ2n) is 8.22. The van der Waals surface area contributed by atoms with Gasteiger partial charge in [0.2, 0.25) is 0 Å². The lowest BCUT2D eigenvalue weighted by Crippen LogP contribution is -2.57. The van der Waals surface area contributed by atoms with E-state index in [0.29, 0.717) is 24.3 Å². The maximum atomic E-state index is 11.5. The number of carbonyl (C=O) groups is 1. The molecule has 0 spiro atoms. The van der Waals surface area contributed by atoms with Gasteiger partial charge in [0, 0.05) is 38.1 Å². The van der Waals surface area contributed by atoms with E-state index < -0.39 is 5.97 Å². The highest BCUT2D eigenvalue weighted by Crippen LogP contribution is 2.31. The zero-order valence-electron chi connectivity index (χ0n) is 17.6. The molecule has 8 heteroatoms. The Balaban J connectivity index is 1.15. The number of fused-ring (bicyclic) bond motifs is 2. The van der Waals surface area contributed by atoms with Crippen LogP contribution in [-0.2, 0) is 4.74 Å². The first-order valence-electron chi connectivity index (χ1n) is 10.7. The standard InChI is InChI=1S/C23H26N4O4/c1-29-23(28)20-9-8-18(12-24-20)30-15-16-6-7-17-14-27(11-10-26(17)13-16)22-19-4-2-3-5-21(19)31-25-22/h2-5,8-9,12,16-17H,6-7,10-11,13-15H2,1H3. The maximum Gasteiger partial charge on any atom is 0.356 e. The monoisotopic (exact) mass is 422 g/mol. The predicted molar refractivity (Wildman–Crippen MR) is 115 cm³/mol. The lowest BCUT2D eigenvalue weighted by Gasteiger charge is -2.46. The molecule has 2 aromatic heterocycles. The molecule has 0 N–H and O–H groups in total. The number of hydrogen-bond donors (Lipinski definition) is 0. The number of esters is 1. The summed E-state index contributed by atoms with van der Waals surface area (Å²) in [6.45, 7) is 4.62. The molecule has 0 radical (unpaired) electrons. The fourth-order valence-corrected chi connectivity index (χ4v) is 4.59. The van der Waals surface area contributed by atoms with Crippen LogP contribution >= 0.6 is 0 Å². The molecular formula is C23H26N4O4. The molecule has 31 heavy (non-hydrogen) atoms. The zero-order valence-corrected chi connectivity index (χ0v) is 17.6. The highest BCUT2D eigenvalue weighted by molar-refractivity contribution is 5.88. The van der Waals surface area contributed by atoms with Gasteiger partial charge in [0.15, 0.2) is 11.4 Å². The Kier molecular flexibility index (Phi) is 5.46. The molecule has 2 unspecified atom stereocenters. The van der Waals surface area contributed by atoms with Crippen LogP contribution in [0.1, 0.15) is 23.3 Å². The number of hydrogen-bond acceptors (Lipinski definition) is 8. The van der Waals surface area contributed by atoms with Gasteiger partial charge in [-0.3, -0.25) is 4.90 Å². The van der Waals surface area contributed by atoms with Crippen molar-refractivity contribution < 1.29 is 18.8 Å². The number of para-hydroxylation sites is 1. The number of piperazine rings is 1. The van der Waals surface area contributed by atoms with Crippen LogP contribution in [0.15, 0.2) is 47.1 Å². The van der Waals surface area contributed by atoms with Gasteiger partial charge in [-0.2, -0.15) is 0 Å². The van der Waals surface area contributed by atoms with Crippen molar-refractivity contribution in [1.82, 2.24) is 15.0 Å². The van der Waals surface area contributed by atoms with E-state index in [1.54, 1.807) is 18.3 Å². The number of nitrogens with zero attached hydrogens (tertiary/aromatic N) is 4. The Labute approximate surface area is 180 Å². The molecule has 0 aliphatic carbocycles. The van der Waals surface area contributed by atoms with E-state index in [2.05, 4.69) is 30.7 Å². The molecule has 1 aromatic carbocycles. The van der Waals surface area contributed by atoms with Crippen LogP contribution in [0.4, 0.5) is 5.82 Å². The Morgan fingerprint density at radius 1 is 1.16 bits per heavy atom. The molecule has 4 heterocycles. The number of carbonyl (C=O) groups excluding carboxylic acids is 1. The highest BCUT2D eigenvalue weighted by Gasteiger charge is 2.34. The van der Waals surface area contributed by atoms with Crippen molar-refractivity contribution in [2.75, 3.05) is 44.8 Å². The third-order valence-corrected chi connectivity index (χ3v) is 6.28. The van der Waals surface area contributed by atoms with Gasteiger partial charge in [0.05, 0.1) is 25.3 Å². The number of methoxy groups -OCH3 is 1. The van der Waals surface area contributed by atoms with Crippen molar-refractivity contribution in [2.24, 2.45) is 5.92 Å². The number of aromatic nitrogens is 2. The summed E-state index contributed by atoms with van der Waals surface area (Å²) in [5.41, 5.74) is 1.13. The number of ether oxygens (including phenoxy) is 2. The van der Waals surface area contributed by atoms with Crippen molar-refractivity contribution in [3.63, 3.8) is 0 Å². The number of benzene rings is 1. The van der Waals surface area contributed by atoms with E-state index in [0.717, 1.165) is 55.8 Å². The first kappa shape index (κ1) is 19.8. The Morgan fingerprint density at radius 2 is 2.06 bits per heavy atom. The quantitative estimate of drug-likeness (QED) is 0.581. The minimum atomic E-state index is -0.442.